The van der Waals surface area contributed by atoms with Gasteiger partial charge >= 0.3 is 0 Å². The van der Waals surface area contributed by atoms with Gasteiger partial charge in [0.2, 0.25) is 0 Å². The number of carbonyl (C=O) groups excluding carboxylic acids is 1. The monoisotopic (exact) mass is 124 g/mol. The maximum Gasteiger partial charge on any atom is 0.158 e. The minimum absolute atomic E-state index is 0.327. The highest BCUT2D eigenvalue weighted by Crippen LogP contribution is 2.18. The van der Waals surface area contributed by atoms with Gasteiger partial charge in [0.25, 0.3) is 0 Å². The third kappa shape index (κ3) is 1.41. The quantitative estimate of drug-likeness (QED) is 0.482. The van der Waals surface area contributed by atoms with Crippen molar-refractivity contribution in [3.8, 4) is 0 Å². The van der Waals surface area contributed by atoms with Crippen molar-refractivity contribution in [3.05, 3.63) is 11.6 Å². The normalized spacial score (nSPS) is 28.0. The van der Waals surface area contributed by atoms with E-state index in [-0.39, 0.29) is 0 Å². The van der Waals surface area contributed by atoms with Gasteiger partial charge in [0.05, 0.1) is 0 Å². The van der Waals surface area contributed by atoms with Gasteiger partial charge in [-0.05, 0) is 24.8 Å². The summed E-state index contributed by atoms with van der Waals surface area (Å²) in [5.74, 6) is 0.941. The Morgan fingerprint density at radius 2 is 2.33 bits per heavy atom. The van der Waals surface area contributed by atoms with Gasteiger partial charge in [-0.3, -0.25) is 4.79 Å². The first-order valence-electron chi connectivity index (χ1n) is 3.42. The molecule has 1 nitrogen and oxygen atoms in total. The van der Waals surface area contributed by atoms with Crippen LogP contribution in [0.25, 0.3) is 0 Å². The largest absolute Gasteiger partial charge is 0.295 e. The lowest BCUT2D eigenvalue weighted by molar-refractivity contribution is -0.116. The summed E-state index contributed by atoms with van der Waals surface area (Å²) in [5.41, 5.74) is 0.953. The van der Waals surface area contributed by atoms with Crippen LogP contribution >= 0.6 is 0 Å². The number of rotatable bonds is 0. The molecule has 0 spiro atoms. The van der Waals surface area contributed by atoms with E-state index < -0.39 is 0 Å². The van der Waals surface area contributed by atoms with Gasteiger partial charge in [-0.25, -0.2) is 0 Å². The van der Waals surface area contributed by atoms with Crippen molar-refractivity contribution >= 4 is 5.78 Å². The van der Waals surface area contributed by atoms with Crippen LogP contribution in [0.5, 0.6) is 0 Å². The molecule has 1 heteroatoms. The highest BCUT2D eigenvalue weighted by Gasteiger charge is 2.12. The fraction of sp³-hybridized carbons (Fsp3) is 0.625. The molecule has 1 rings (SSSR count). The maximum absolute atomic E-state index is 10.9. The molecule has 0 saturated carbocycles. The highest BCUT2D eigenvalue weighted by molar-refractivity contribution is 5.95. The predicted molar refractivity (Wildman–Crippen MR) is 37.2 cm³/mol. The van der Waals surface area contributed by atoms with Crippen LogP contribution in [0.4, 0.5) is 0 Å². The number of allylic oxidation sites excluding steroid dienone is 2. The Balaban J connectivity index is 2.72. The minimum atomic E-state index is 0.327. The molecule has 0 radical (unpaired) electrons. The molecule has 1 atom stereocenters. The first-order valence-corrected chi connectivity index (χ1v) is 3.42. The average Bonchev–Trinajstić information content (AvgIpc) is 1.80. The van der Waals surface area contributed by atoms with Crippen molar-refractivity contribution in [2.45, 2.75) is 26.7 Å². The van der Waals surface area contributed by atoms with Crippen molar-refractivity contribution in [1.29, 1.82) is 0 Å². The second-order valence-electron chi connectivity index (χ2n) is 2.79. The lowest BCUT2D eigenvalue weighted by Crippen LogP contribution is -2.09. The summed E-state index contributed by atoms with van der Waals surface area (Å²) in [7, 11) is 0. The topological polar surface area (TPSA) is 17.1 Å². The number of hydrogen-bond donors (Lipinski definition) is 0. The van der Waals surface area contributed by atoms with E-state index in [2.05, 4.69) is 13.0 Å². The Kier molecular flexibility index (Phi) is 1.70. The molecule has 0 bridgehead atoms. The molecular formula is C8H12O. The van der Waals surface area contributed by atoms with Crippen LogP contribution in [0.2, 0.25) is 0 Å². The lowest BCUT2D eigenvalue weighted by atomic mass is 9.92. The van der Waals surface area contributed by atoms with E-state index >= 15 is 0 Å². The number of hydrogen-bond acceptors (Lipinski definition) is 1. The standard InChI is InChI=1S/C8H12O/c1-6-3-4-8(9)7(2)5-6/h5-6H,3-4H2,1-2H3/t6-/m1/s1. The Bertz CT molecular complexity index is 156. The molecular weight excluding hydrogens is 112 g/mol. The van der Waals surface area contributed by atoms with Crippen molar-refractivity contribution in [1.82, 2.24) is 0 Å². The van der Waals surface area contributed by atoms with Gasteiger partial charge < -0.3 is 0 Å². The summed E-state index contributed by atoms with van der Waals surface area (Å²) >= 11 is 0. The number of carbonyl (C=O) groups is 1. The Labute approximate surface area is 55.8 Å². The fourth-order valence-electron chi connectivity index (χ4n) is 1.16. The Morgan fingerprint density at radius 1 is 1.67 bits per heavy atom. The van der Waals surface area contributed by atoms with E-state index in [1.165, 1.54) is 0 Å². The van der Waals surface area contributed by atoms with Gasteiger partial charge in [0.15, 0.2) is 5.78 Å². The molecule has 0 saturated heterocycles. The molecule has 9 heavy (non-hydrogen) atoms. The van der Waals surface area contributed by atoms with Crippen molar-refractivity contribution in [2.24, 2.45) is 5.92 Å². The van der Waals surface area contributed by atoms with E-state index in [1.54, 1.807) is 0 Å². The SMILES string of the molecule is CC1=C[C@H](C)CCC1=O. The van der Waals surface area contributed by atoms with Crippen molar-refractivity contribution in [3.63, 3.8) is 0 Å². The zero-order chi connectivity index (χ0) is 6.85. The van der Waals surface area contributed by atoms with Crippen LogP contribution in [0.1, 0.15) is 26.7 Å². The van der Waals surface area contributed by atoms with Crippen LogP contribution in [0.3, 0.4) is 0 Å². The number of ketones is 1. The van der Waals surface area contributed by atoms with E-state index in [4.69, 9.17) is 0 Å². The molecule has 0 amide bonds. The Hall–Kier alpha value is -0.590. The fourth-order valence-corrected chi connectivity index (χ4v) is 1.16. The van der Waals surface area contributed by atoms with Gasteiger partial charge in [-0.1, -0.05) is 13.0 Å². The summed E-state index contributed by atoms with van der Waals surface area (Å²) < 4.78 is 0. The molecule has 0 heterocycles. The second-order valence-corrected chi connectivity index (χ2v) is 2.79. The Morgan fingerprint density at radius 3 is 2.78 bits per heavy atom. The van der Waals surface area contributed by atoms with Crippen molar-refractivity contribution in [2.75, 3.05) is 0 Å². The zero-order valence-corrected chi connectivity index (χ0v) is 5.98. The van der Waals surface area contributed by atoms with Gasteiger partial charge in [-0.2, -0.15) is 0 Å². The van der Waals surface area contributed by atoms with E-state index in [0.717, 1.165) is 18.4 Å². The van der Waals surface area contributed by atoms with Gasteiger partial charge in [-0.15, -0.1) is 0 Å². The van der Waals surface area contributed by atoms with E-state index in [1.807, 2.05) is 6.92 Å². The molecule has 1 aliphatic rings. The van der Waals surface area contributed by atoms with Crippen LogP contribution in [-0.4, -0.2) is 5.78 Å². The summed E-state index contributed by atoms with van der Waals surface area (Å²) in [6, 6.07) is 0. The zero-order valence-electron chi connectivity index (χ0n) is 5.98. The summed E-state index contributed by atoms with van der Waals surface area (Å²) in [5, 5.41) is 0. The molecule has 0 aliphatic heterocycles. The van der Waals surface area contributed by atoms with E-state index in [0.29, 0.717) is 11.7 Å². The van der Waals surface area contributed by atoms with Gasteiger partial charge in [0.1, 0.15) is 0 Å². The van der Waals surface area contributed by atoms with Crippen LogP contribution < -0.4 is 0 Å². The smallest absolute Gasteiger partial charge is 0.158 e. The first-order chi connectivity index (χ1) is 4.20. The minimum Gasteiger partial charge on any atom is -0.295 e. The van der Waals surface area contributed by atoms with Crippen LogP contribution in [0, 0.1) is 5.92 Å². The summed E-state index contributed by atoms with van der Waals surface area (Å²) in [4.78, 5) is 10.9. The lowest BCUT2D eigenvalue weighted by Gasteiger charge is -2.12. The second kappa shape index (κ2) is 2.34. The molecule has 0 fully saturated rings. The molecule has 0 aromatic carbocycles. The van der Waals surface area contributed by atoms with Crippen LogP contribution in [-0.2, 0) is 4.79 Å². The first kappa shape index (κ1) is 6.53. The predicted octanol–water partition coefficient (Wildman–Crippen LogP) is 1.93. The third-order valence-electron chi connectivity index (χ3n) is 1.80. The molecule has 0 N–H and O–H groups in total. The van der Waals surface area contributed by atoms with Crippen molar-refractivity contribution < 1.29 is 4.79 Å². The third-order valence-corrected chi connectivity index (χ3v) is 1.80. The molecule has 1 aliphatic carbocycles. The molecule has 0 aromatic heterocycles. The molecule has 50 valence electrons. The van der Waals surface area contributed by atoms with E-state index in [9.17, 15) is 4.79 Å². The summed E-state index contributed by atoms with van der Waals surface area (Å²) in [6.07, 6.45) is 3.85. The van der Waals surface area contributed by atoms with Gasteiger partial charge in [0, 0.05) is 6.42 Å². The highest BCUT2D eigenvalue weighted by atomic mass is 16.1. The average molecular weight is 124 g/mol. The number of Topliss-reactive ketones (excluding diaryl/α,β-unsaturated/α-hetero) is 1. The maximum atomic E-state index is 10.9. The molecule has 0 unspecified atom stereocenters. The van der Waals surface area contributed by atoms with Crippen LogP contribution in [0.15, 0.2) is 11.6 Å². The summed E-state index contributed by atoms with van der Waals surface area (Å²) in [6.45, 7) is 4.05. The molecule has 0 aromatic rings.